The number of rotatable bonds is 13. The molecular weight excluding hydrogens is 390 g/mol. The molecule has 7 heteroatoms. The summed E-state index contributed by atoms with van der Waals surface area (Å²) in [5.74, 6) is 0.977. The number of carbonyl (C=O) groups excluding carboxylic acids is 1. The van der Waals surface area contributed by atoms with Gasteiger partial charge in [-0.15, -0.1) is 0 Å². The Morgan fingerprint density at radius 1 is 1.32 bits per heavy atom. The number of aliphatic hydroxyl groups excluding tert-OH is 1. The van der Waals surface area contributed by atoms with Crippen molar-refractivity contribution in [1.82, 2.24) is 20.1 Å². The lowest BCUT2D eigenvalue weighted by molar-refractivity contribution is -0.130. The molecule has 0 aromatic carbocycles. The first kappa shape index (κ1) is 25.4. The van der Waals surface area contributed by atoms with Gasteiger partial charge in [-0.1, -0.05) is 32.1 Å². The highest BCUT2D eigenvalue weighted by molar-refractivity contribution is 5.79. The zero-order valence-electron chi connectivity index (χ0n) is 19.6. The van der Waals surface area contributed by atoms with Gasteiger partial charge in [0.15, 0.2) is 0 Å². The summed E-state index contributed by atoms with van der Waals surface area (Å²) in [5, 5.41) is 13.0. The minimum Gasteiger partial charge on any atom is -0.396 e. The van der Waals surface area contributed by atoms with Crippen LogP contribution in [0.15, 0.2) is 23.3 Å². The number of amides is 1. The van der Waals surface area contributed by atoms with Crippen molar-refractivity contribution in [3.8, 4) is 0 Å². The highest BCUT2D eigenvalue weighted by atomic mass is 16.3. The first-order chi connectivity index (χ1) is 15.0. The maximum atomic E-state index is 12.4. The van der Waals surface area contributed by atoms with Crippen molar-refractivity contribution in [2.24, 2.45) is 16.8 Å². The van der Waals surface area contributed by atoms with Gasteiger partial charge in [0.1, 0.15) is 0 Å². The Labute approximate surface area is 187 Å². The second kappa shape index (κ2) is 14.3. The van der Waals surface area contributed by atoms with Crippen molar-refractivity contribution in [3.63, 3.8) is 0 Å². The molecule has 1 amide bonds. The largest absolute Gasteiger partial charge is 0.396 e. The fourth-order valence-electron chi connectivity index (χ4n) is 4.12. The molecule has 0 radical (unpaired) electrons. The molecule has 31 heavy (non-hydrogen) atoms. The molecule has 0 aliphatic heterocycles. The van der Waals surface area contributed by atoms with Gasteiger partial charge in [0.05, 0.1) is 12.2 Å². The van der Waals surface area contributed by atoms with Crippen molar-refractivity contribution in [3.05, 3.63) is 29.6 Å². The summed E-state index contributed by atoms with van der Waals surface area (Å²) in [6.07, 6.45) is 9.97. The Balaban J connectivity index is 1.79. The Morgan fingerprint density at radius 2 is 2.10 bits per heavy atom. The molecule has 1 aliphatic rings. The molecule has 1 heterocycles. The molecule has 1 aromatic rings. The highest BCUT2D eigenvalue weighted by Crippen LogP contribution is 2.30. The number of carbonyl (C=O) groups is 1. The molecular formula is C24H41N5O2. The number of nitrogens with one attached hydrogen (secondary N) is 1. The number of nitrogens with zero attached hydrogens (tertiary/aromatic N) is 4. The van der Waals surface area contributed by atoms with Crippen LogP contribution in [0.3, 0.4) is 0 Å². The maximum absolute atomic E-state index is 12.4. The number of hydrogen-bond donors (Lipinski definition) is 2. The monoisotopic (exact) mass is 431 g/mol. The molecule has 1 unspecified atom stereocenters. The minimum absolute atomic E-state index is 0.111. The minimum atomic E-state index is 0.111. The van der Waals surface area contributed by atoms with Gasteiger partial charge in [-0.25, -0.2) is 0 Å². The number of hydrogen-bond acceptors (Lipinski definition) is 6. The Kier molecular flexibility index (Phi) is 11.7. The number of likely N-dealkylation sites (N-methyl/N-ethyl adjacent to an activating group) is 2. The van der Waals surface area contributed by atoms with E-state index >= 15 is 0 Å². The van der Waals surface area contributed by atoms with Crippen molar-refractivity contribution >= 4 is 12.1 Å². The molecule has 1 saturated carbocycles. The van der Waals surface area contributed by atoms with Crippen molar-refractivity contribution in [1.29, 1.82) is 0 Å². The van der Waals surface area contributed by atoms with Crippen LogP contribution in [0.4, 0.5) is 0 Å². The molecule has 1 aromatic heterocycles. The third-order valence-corrected chi connectivity index (χ3v) is 6.11. The van der Waals surface area contributed by atoms with Crippen LogP contribution in [0.5, 0.6) is 0 Å². The van der Waals surface area contributed by atoms with Crippen molar-refractivity contribution in [2.75, 3.05) is 53.4 Å². The number of aromatic nitrogens is 1. The van der Waals surface area contributed by atoms with Gasteiger partial charge in [0.25, 0.3) is 0 Å². The SMILES string of the molecule is CCN(CCN(C)C)C(=O)CNCc1cc(C=NCC(CO)C2CCCCC2)ccn1. The van der Waals surface area contributed by atoms with E-state index in [0.29, 0.717) is 32.1 Å². The van der Waals surface area contributed by atoms with Crippen LogP contribution in [0.1, 0.15) is 50.3 Å². The first-order valence-electron chi connectivity index (χ1n) is 11.7. The van der Waals surface area contributed by atoms with Crippen LogP contribution in [-0.4, -0.2) is 85.4 Å². The maximum Gasteiger partial charge on any atom is 0.236 e. The number of aliphatic hydroxyl groups is 1. The number of pyridine rings is 1. The zero-order valence-corrected chi connectivity index (χ0v) is 19.6. The first-order valence-corrected chi connectivity index (χ1v) is 11.7. The second-order valence-electron chi connectivity index (χ2n) is 8.80. The lowest BCUT2D eigenvalue weighted by Crippen LogP contribution is -2.41. The van der Waals surface area contributed by atoms with E-state index in [4.69, 9.17) is 0 Å². The number of aliphatic imine (C=N–C) groups is 1. The predicted octanol–water partition coefficient (Wildman–Crippen LogP) is 2.19. The van der Waals surface area contributed by atoms with E-state index in [1.807, 2.05) is 44.3 Å². The smallest absolute Gasteiger partial charge is 0.236 e. The van der Waals surface area contributed by atoms with E-state index in [2.05, 4.69) is 20.2 Å². The van der Waals surface area contributed by atoms with Gasteiger partial charge in [-0.2, -0.15) is 0 Å². The quantitative estimate of drug-likeness (QED) is 0.468. The van der Waals surface area contributed by atoms with Gasteiger partial charge in [0, 0.05) is 57.7 Å². The third-order valence-electron chi connectivity index (χ3n) is 6.11. The van der Waals surface area contributed by atoms with Gasteiger partial charge in [0.2, 0.25) is 5.91 Å². The van der Waals surface area contributed by atoms with Crippen LogP contribution < -0.4 is 5.32 Å². The van der Waals surface area contributed by atoms with E-state index in [0.717, 1.165) is 24.3 Å². The van der Waals surface area contributed by atoms with E-state index in [-0.39, 0.29) is 18.4 Å². The summed E-state index contributed by atoms with van der Waals surface area (Å²) in [6, 6.07) is 3.94. The van der Waals surface area contributed by atoms with Crippen LogP contribution in [0.25, 0.3) is 0 Å². The average molecular weight is 432 g/mol. The fraction of sp³-hybridized carbons (Fsp3) is 0.708. The Hall–Kier alpha value is -1.83. The molecule has 0 saturated heterocycles. The van der Waals surface area contributed by atoms with Gasteiger partial charge >= 0.3 is 0 Å². The summed E-state index contributed by atoms with van der Waals surface area (Å²) in [7, 11) is 4.02. The third kappa shape index (κ3) is 9.46. The predicted molar refractivity (Wildman–Crippen MR) is 126 cm³/mol. The van der Waals surface area contributed by atoms with Crippen LogP contribution in [0.2, 0.25) is 0 Å². The van der Waals surface area contributed by atoms with Gasteiger partial charge in [-0.3, -0.25) is 14.8 Å². The van der Waals surface area contributed by atoms with E-state index in [1.165, 1.54) is 32.1 Å². The molecule has 1 aliphatic carbocycles. The van der Waals surface area contributed by atoms with Gasteiger partial charge < -0.3 is 20.2 Å². The summed E-state index contributed by atoms with van der Waals surface area (Å²) in [6.45, 7) is 6.06. The van der Waals surface area contributed by atoms with Crippen LogP contribution >= 0.6 is 0 Å². The van der Waals surface area contributed by atoms with Gasteiger partial charge in [-0.05, 0) is 44.6 Å². The Bertz CT molecular complexity index is 674. The van der Waals surface area contributed by atoms with Crippen molar-refractivity contribution in [2.45, 2.75) is 45.6 Å². The lowest BCUT2D eigenvalue weighted by atomic mass is 9.80. The summed E-state index contributed by atoms with van der Waals surface area (Å²) < 4.78 is 0. The summed E-state index contributed by atoms with van der Waals surface area (Å²) >= 11 is 0. The molecule has 1 atom stereocenters. The molecule has 7 nitrogen and oxygen atoms in total. The zero-order chi connectivity index (χ0) is 22.5. The summed E-state index contributed by atoms with van der Waals surface area (Å²) in [5.41, 5.74) is 1.89. The molecule has 2 rings (SSSR count). The standard InChI is InChI=1S/C24H41N5O2/c1-4-29(13-12-28(2)3)24(31)18-26-17-23-14-20(10-11-27-23)15-25-16-22(19-30)21-8-6-5-7-9-21/h10-11,14-15,21-22,26,30H,4-9,12-13,16-19H2,1-3H3. The average Bonchev–Trinajstić information content (AvgIpc) is 2.78. The topological polar surface area (TPSA) is 81.1 Å². The van der Waals surface area contributed by atoms with Crippen LogP contribution in [0, 0.1) is 11.8 Å². The molecule has 1 fully saturated rings. The summed E-state index contributed by atoms with van der Waals surface area (Å²) in [4.78, 5) is 25.3. The molecule has 0 bridgehead atoms. The van der Waals surface area contributed by atoms with Crippen molar-refractivity contribution < 1.29 is 9.90 Å². The molecule has 2 N–H and O–H groups in total. The fourth-order valence-corrected chi connectivity index (χ4v) is 4.12. The molecule has 0 spiro atoms. The second-order valence-corrected chi connectivity index (χ2v) is 8.80. The lowest BCUT2D eigenvalue weighted by Gasteiger charge is -2.27. The van der Waals surface area contributed by atoms with Crippen LogP contribution in [-0.2, 0) is 11.3 Å². The molecule has 174 valence electrons. The van der Waals surface area contributed by atoms with E-state index in [9.17, 15) is 9.90 Å². The Morgan fingerprint density at radius 3 is 2.77 bits per heavy atom. The van der Waals surface area contributed by atoms with E-state index in [1.54, 1.807) is 6.20 Å². The van der Waals surface area contributed by atoms with E-state index < -0.39 is 0 Å². The normalized spacial score (nSPS) is 16.2. The highest BCUT2D eigenvalue weighted by Gasteiger charge is 2.22.